The number of aromatic hydroxyl groups is 1. The Bertz CT molecular complexity index is 841. The molecule has 5 nitrogen and oxygen atoms in total. The topological polar surface area (TPSA) is 71.5 Å². The fourth-order valence-corrected chi connectivity index (χ4v) is 2.25. The quantitative estimate of drug-likeness (QED) is 0.778. The van der Waals surface area contributed by atoms with Gasteiger partial charge in [0.15, 0.2) is 11.5 Å². The Hall–Kier alpha value is -3.08. The monoisotopic (exact) mass is 294 g/mol. The number of pyridine rings is 1. The third-order valence-electron chi connectivity index (χ3n) is 3.31. The zero-order valence-electron chi connectivity index (χ0n) is 11.9. The molecule has 5 heteroatoms. The Morgan fingerprint density at radius 3 is 2.77 bits per heavy atom. The van der Waals surface area contributed by atoms with Crippen LogP contribution in [0.5, 0.6) is 11.5 Å². The first kappa shape index (κ1) is 13.9. The van der Waals surface area contributed by atoms with Crippen molar-refractivity contribution in [3.05, 3.63) is 60.3 Å². The minimum Gasteiger partial charge on any atom is -0.504 e. The molecule has 0 atom stereocenters. The zero-order chi connectivity index (χ0) is 15.5. The molecule has 1 aromatic heterocycles. The summed E-state index contributed by atoms with van der Waals surface area (Å²) in [7, 11) is 1.47. The van der Waals surface area contributed by atoms with Crippen LogP contribution in [0.1, 0.15) is 10.4 Å². The molecule has 1 amide bonds. The Kier molecular flexibility index (Phi) is 3.62. The standard InChI is InChI=1S/C17H14N2O3/c1-22-15-8-7-12(10-14(15)20)19-17(21)13-6-2-4-11-5-3-9-18-16(11)13/h2-10,20H,1H3,(H,19,21). The van der Waals surface area contributed by atoms with Gasteiger partial charge in [0.1, 0.15) is 0 Å². The van der Waals surface area contributed by atoms with Crippen molar-refractivity contribution in [2.45, 2.75) is 0 Å². The molecular weight excluding hydrogens is 280 g/mol. The van der Waals surface area contributed by atoms with E-state index in [4.69, 9.17) is 4.74 Å². The molecule has 0 aliphatic rings. The number of carbonyl (C=O) groups excluding carboxylic acids is 1. The number of rotatable bonds is 3. The van der Waals surface area contributed by atoms with E-state index in [-0.39, 0.29) is 11.7 Å². The Labute approximate surface area is 127 Å². The number of nitrogens with zero attached hydrogens (tertiary/aromatic N) is 1. The first-order chi connectivity index (χ1) is 10.7. The molecule has 0 aliphatic heterocycles. The van der Waals surface area contributed by atoms with Gasteiger partial charge in [-0.1, -0.05) is 18.2 Å². The number of phenolic OH excluding ortho intramolecular Hbond substituents is 1. The summed E-state index contributed by atoms with van der Waals surface area (Å²) < 4.78 is 4.97. The highest BCUT2D eigenvalue weighted by Gasteiger charge is 2.12. The summed E-state index contributed by atoms with van der Waals surface area (Å²) in [5, 5.41) is 13.4. The van der Waals surface area contributed by atoms with Gasteiger partial charge in [0.25, 0.3) is 5.91 Å². The minimum absolute atomic E-state index is 0.0312. The maximum absolute atomic E-state index is 12.4. The summed E-state index contributed by atoms with van der Waals surface area (Å²) in [4.78, 5) is 16.7. The minimum atomic E-state index is -0.283. The van der Waals surface area contributed by atoms with Crippen LogP contribution in [0.15, 0.2) is 54.7 Å². The lowest BCUT2D eigenvalue weighted by atomic mass is 10.1. The van der Waals surface area contributed by atoms with Crippen molar-refractivity contribution < 1.29 is 14.6 Å². The number of ether oxygens (including phenoxy) is 1. The van der Waals surface area contributed by atoms with Gasteiger partial charge in [-0.3, -0.25) is 9.78 Å². The van der Waals surface area contributed by atoms with E-state index in [0.29, 0.717) is 22.5 Å². The van der Waals surface area contributed by atoms with E-state index >= 15 is 0 Å². The second-order valence-corrected chi connectivity index (χ2v) is 4.72. The van der Waals surface area contributed by atoms with Gasteiger partial charge in [-0.05, 0) is 24.3 Å². The normalized spacial score (nSPS) is 10.4. The average molecular weight is 294 g/mol. The Morgan fingerprint density at radius 1 is 1.18 bits per heavy atom. The van der Waals surface area contributed by atoms with Gasteiger partial charge in [0, 0.05) is 23.3 Å². The van der Waals surface area contributed by atoms with Crippen LogP contribution in [0.2, 0.25) is 0 Å². The number of phenols is 1. The van der Waals surface area contributed by atoms with E-state index in [9.17, 15) is 9.90 Å². The number of hydrogen-bond acceptors (Lipinski definition) is 4. The summed E-state index contributed by atoms with van der Waals surface area (Å²) in [6, 6.07) is 13.8. The van der Waals surface area contributed by atoms with Gasteiger partial charge in [-0.2, -0.15) is 0 Å². The van der Waals surface area contributed by atoms with Crippen LogP contribution < -0.4 is 10.1 Å². The maximum Gasteiger partial charge on any atom is 0.257 e. The molecule has 0 spiro atoms. The summed E-state index contributed by atoms with van der Waals surface area (Å²) in [6.45, 7) is 0. The van der Waals surface area contributed by atoms with Crippen molar-refractivity contribution >= 4 is 22.5 Å². The first-order valence-corrected chi connectivity index (χ1v) is 6.71. The predicted octanol–water partition coefficient (Wildman–Crippen LogP) is 3.20. The Balaban J connectivity index is 1.92. The molecule has 2 aromatic carbocycles. The van der Waals surface area contributed by atoms with Gasteiger partial charge in [-0.25, -0.2) is 0 Å². The second-order valence-electron chi connectivity index (χ2n) is 4.72. The molecule has 1 heterocycles. The summed E-state index contributed by atoms with van der Waals surface area (Å²) in [5.74, 6) is 0.0371. The van der Waals surface area contributed by atoms with Crippen molar-refractivity contribution in [1.82, 2.24) is 4.98 Å². The lowest BCUT2D eigenvalue weighted by molar-refractivity contribution is 0.102. The smallest absolute Gasteiger partial charge is 0.257 e. The number of methoxy groups -OCH3 is 1. The van der Waals surface area contributed by atoms with Crippen molar-refractivity contribution in [1.29, 1.82) is 0 Å². The van der Waals surface area contributed by atoms with Crippen LogP contribution in [0.4, 0.5) is 5.69 Å². The number of aromatic nitrogens is 1. The average Bonchev–Trinajstić information content (AvgIpc) is 2.54. The molecule has 0 aliphatic carbocycles. The molecule has 0 bridgehead atoms. The van der Waals surface area contributed by atoms with E-state index in [0.717, 1.165) is 5.39 Å². The van der Waals surface area contributed by atoms with Crippen LogP contribution in [0, 0.1) is 0 Å². The van der Waals surface area contributed by atoms with Gasteiger partial charge in [-0.15, -0.1) is 0 Å². The second kappa shape index (κ2) is 5.73. The lowest BCUT2D eigenvalue weighted by Crippen LogP contribution is -2.12. The van der Waals surface area contributed by atoms with E-state index in [1.165, 1.54) is 13.2 Å². The molecule has 2 N–H and O–H groups in total. The summed E-state index contributed by atoms with van der Waals surface area (Å²) >= 11 is 0. The highest BCUT2D eigenvalue weighted by molar-refractivity contribution is 6.11. The third-order valence-corrected chi connectivity index (χ3v) is 3.31. The van der Waals surface area contributed by atoms with E-state index in [1.807, 2.05) is 24.3 Å². The molecule has 0 fully saturated rings. The van der Waals surface area contributed by atoms with Crippen LogP contribution in [-0.4, -0.2) is 23.1 Å². The van der Waals surface area contributed by atoms with Gasteiger partial charge in [0.2, 0.25) is 0 Å². The molecule has 3 aromatic rings. The van der Waals surface area contributed by atoms with Crippen molar-refractivity contribution in [2.75, 3.05) is 12.4 Å². The number of nitrogens with one attached hydrogen (secondary N) is 1. The largest absolute Gasteiger partial charge is 0.504 e. The van der Waals surface area contributed by atoms with Gasteiger partial charge < -0.3 is 15.2 Å². The first-order valence-electron chi connectivity index (χ1n) is 6.71. The Morgan fingerprint density at radius 2 is 2.00 bits per heavy atom. The molecule has 22 heavy (non-hydrogen) atoms. The van der Waals surface area contributed by atoms with Gasteiger partial charge in [0.05, 0.1) is 18.2 Å². The van der Waals surface area contributed by atoms with Crippen LogP contribution in [0.25, 0.3) is 10.9 Å². The number of benzene rings is 2. The number of carbonyl (C=O) groups is 1. The fraction of sp³-hybridized carbons (Fsp3) is 0.0588. The molecule has 0 saturated heterocycles. The number of hydrogen-bond donors (Lipinski definition) is 2. The highest BCUT2D eigenvalue weighted by atomic mass is 16.5. The highest BCUT2D eigenvalue weighted by Crippen LogP contribution is 2.29. The van der Waals surface area contributed by atoms with E-state index in [1.54, 1.807) is 24.4 Å². The summed E-state index contributed by atoms with van der Waals surface area (Å²) in [6.07, 6.45) is 1.65. The zero-order valence-corrected chi connectivity index (χ0v) is 11.9. The summed E-state index contributed by atoms with van der Waals surface area (Å²) in [5.41, 5.74) is 1.60. The fourth-order valence-electron chi connectivity index (χ4n) is 2.25. The molecule has 0 saturated carbocycles. The number of fused-ring (bicyclic) bond motifs is 1. The predicted molar refractivity (Wildman–Crippen MR) is 84.4 cm³/mol. The molecule has 0 unspecified atom stereocenters. The van der Waals surface area contributed by atoms with Gasteiger partial charge >= 0.3 is 0 Å². The van der Waals surface area contributed by atoms with Crippen molar-refractivity contribution in [2.24, 2.45) is 0 Å². The maximum atomic E-state index is 12.4. The lowest BCUT2D eigenvalue weighted by Gasteiger charge is -2.09. The number of para-hydroxylation sites is 1. The van der Waals surface area contributed by atoms with E-state index < -0.39 is 0 Å². The number of anilines is 1. The van der Waals surface area contributed by atoms with E-state index in [2.05, 4.69) is 10.3 Å². The van der Waals surface area contributed by atoms with Crippen LogP contribution in [-0.2, 0) is 0 Å². The number of amides is 1. The van der Waals surface area contributed by atoms with Crippen molar-refractivity contribution in [3.8, 4) is 11.5 Å². The molecule has 110 valence electrons. The van der Waals surface area contributed by atoms with Crippen LogP contribution >= 0.6 is 0 Å². The molecular formula is C17H14N2O3. The van der Waals surface area contributed by atoms with Crippen molar-refractivity contribution in [3.63, 3.8) is 0 Å². The SMILES string of the molecule is COc1ccc(NC(=O)c2cccc3cccnc23)cc1O. The molecule has 3 rings (SSSR count). The third kappa shape index (κ3) is 2.56. The van der Waals surface area contributed by atoms with Crippen LogP contribution in [0.3, 0.4) is 0 Å². The molecule has 0 radical (unpaired) electrons.